The van der Waals surface area contributed by atoms with E-state index in [0.717, 1.165) is 29.5 Å². The number of aromatic nitrogens is 1. The van der Waals surface area contributed by atoms with E-state index in [1.54, 1.807) is 35.2 Å². The predicted octanol–water partition coefficient (Wildman–Crippen LogP) is 4.62. The van der Waals surface area contributed by atoms with E-state index in [1.807, 2.05) is 6.07 Å². The van der Waals surface area contributed by atoms with Crippen LogP contribution < -0.4 is 4.90 Å². The molecular formula is C24H28N2O4S2. The fourth-order valence-electron chi connectivity index (χ4n) is 3.86. The van der Waals surface area contributed by atoms with Gasteiger partial charge in [-0.3, -0.25) is 9.69 Å². The predicted molar refractivity (Wildman–Crippen MR) is 128 cm³/mol. The van der Waals surface area contributed by atoms with Crippen LogP contribution in [0.25, 0.3) is 10.2 Å². The number of amides is 1. The molecule has 1 unspecified atom stereocenters. The van der Waals surface area contributed by atoms with Crippen LogP contribution in [0.5, 0.6) is 0 Å². The van der Waals surface area contributed by atoms with Crippen molar-refractivity contribution in [2.24, 2.45) is 0 Å². The Bertz CT molecular complexity index is 1170. The van der Waals surface area contributed by atoms with Gasteiger partial charge in [0, 0.05) is 13.0 Å². The lowest BCUT2D eigenvalue weighted by Gasteiger charge is -2.23. The summed E-state index contributed by atoms with van der Waals surface area (Å²) in [5.41, 5.74) is 2.11. The van der Waals surface area contributed by atoms with E-state index >= 15 is 0 Å². The second kappa shape index (κ2) is 10.1. The number of aryl methyl sites for hydroxylation is 1. The van der Waals surface area contributed by atoms with Gasteiger partial charge in [0.2, 0.25) is 5.91 Å². The Morgan fingerprint density at radius 1 is 1.22 bits per heavy atom. The van der Waals surface area contributed by atoms with Gasteiger partial charge in [0.05, 0.1) is 33.5 Å². The Morgan fingerprint density at radius 3 is 2.75 bits per heavy atom. The Kier molecular flexibility index (Phi) is 7.23. The van der Waals surface area contributed by atoms with E-state index in [1.165, 1.54) is 16.9 Å². The van der Waals surface area contributed by atoms with Crippen molar-refractivity contribution in [1.29, 1.82) is 0 Å². The van der Waals surface area contributed by atoms with Gasteiger partial charge in [-0.2, -0.15) is 0 Å². The molecule has 1 saturated heterocycles. The van der Waals surface area contributed by atoms with Crippen molar-refractivity contribution in [3.8, 4) is 0 Å². The quantitative estimate of drug-likeness (QED) is 0.454. The van der Waals surface area contributed by atoms with Gasteiger partial charge in [-0.1, -0.05) is 42.5 Å². The molecule has 32 heavy (non-hydrogen) atoms. The van der Waals surface area contributed by atoms with E-state index in [4.69, 9.17) is 9.72 Å². The molecule has 8 heteroatoms. The van der Waals surface area contributed by atoms with Gasteiger partial charge >= 0.3 is 0 Å². The first kappa shape index (κ1) is 22.9. The molecule has 6 nitrogen and oxygen atoms in total. The third-order valence-electron chi connectivity index (χ3n) is 5.70. The number of fused-ring (bicyclic) bond motifs is 1. The summed E-state index contributed by atoms with van der Waals surface area (Å²) in [7, 11) is -3.41. The topological polar surface area (TPSA) is 76.6 Å². The molecule has 1 amide bonds. The van der Waals surface area contributed by atoms with Gasteiger partial charge < -0.3 is 4.74 Å². The average Bonchev–Trinajstić information content (AvgIpc) is 3.46. The third kappa shape index (κ3) is 5.36. The van der Waals surface area contributed by atoms with Crippen molar-refractivity contribution in [1.82, 2.24) is 4.98 Å². The van der Waals surface area contributed by atoms with Crippen LogP contribution in [0.1, 0.15) is 38.2 Å². The molecule has 0 radical (unpaired) electrons. The van der Waals surface area contributed by atoms with Crippen LogP contribution >= 0.6 is 11.3 Å². The summed E-state index contributed by atoms with van der Waals surface area (Å²) in [6, 6.07) is 14.6. The molecule has 1 aliphatic rings. The van der Waals surface area contributed by atoms with Crippen LogP contribution in [-0.4, -0.2) is 44.3 Å². The number of anilines is 1. The summed E-state index contributed by atoms with van der Waals surface area (Å²) in [5.74, 6) is -0.172. The highest BCUT2D eigenvalue weighted by atomic mass is 32.2. The van der Waals surface area contributed by atoms with Crippen molar-refractivity contribution in [2.75, 3.05) is 23.8 Å². The Hall–Kier alpha value is -2.29. The Morgan fingerprint density at radius 2 is 2.03 bits per heavy atom. The largest absolute Gasteiger partial charge is 0.376 e. The zero-order chi connectivity index (χ0) is 22.6. The highest BCUT2D eigenvalue weighted by Crippen LogP contribution is 2.31. The third-order valence-corrected chi connectivity index (χ3v) is 8.56. The van der Waals surface area contributed by atoms with Crippen LogP contribution in [0.4, 0.5) is 5.13 Å². The van der Waals surface area contributed by atoms with E-state index < -0.39 is 9.84 Å². The van der Waals surface area contributed by atoms with E-state index in [-0.39, 0.29) is 30.6 Å². The van der Waals surface area contributed by atoms with Crippen LogP contribution in [0.15, 0.2) is 53.4 Å². The van der Waals surface area contributed by atoms with E-state index in [0.29, 0.717) is 23.2 Å². The first-order valence-corrected chi connectivity index (χ1v) is 13.5. The van der Waals surface area contributed by atoms with Crippen LogP contribution in [0.3, 0.4) is 0 Å². The van der Waals surface area contributed by atoms with E-state index in [2.05, 4.69) is 19.1 Å². The van der Waals surface area contributed by atoms with Crippen LogP contribution in [0, 0.1) is 0 Å². The molecule has 0 bridgehead atoms. The minimum absolute atomic E-state index is 0.00906. The summed E-state index contributed by atoms with van der Waals surface area (Å²) in [5, 5.41) is 0.652. The van der Waals surface area contributed by atoms with Crippen LogP contribution in [0.2, 0.25) is 0 Å². The first-order chi connectivity index (χ1) is 15.5. The number of ether oxygens (including phenoxy) is 1. The Balaban J connectivity index is 1.49. The van der Waals surface area contributed by atoms with Gasteiger partial charge in [0.25, 0.3) is 0 Å². The number of hydrogen-bond donors (Lipinski definition) is 0. The highest BCUT2D eigenvalue weighted by molar-refractivity contribution is 7.91. The molecule has 0 N–H and O–H groups in total. The molecule has 1 aliphatic heterocycles. The molecule has 0 saturated carbocycles. The highest BCUT2D eigenvalue weighted by Gasteiger charge is 2.26. The molecule has 1 fully saturated rings. The maximum absolute atomic E-state index is 13.2. The molecule has 3 aromatic rings. The zero-order valence-electron chi connectivity index (χ0n) is 18.2. The molecular weight excluding hydrogens is 444 g/mol. The zero-order valence-corrected chi connectivity index (χ0v) is 19.8. The van der Waals surface area contributed by atoms with Gasteiger partial charge in [-0.25, -0.2) is 13.4 Å². The molecule has 2 heterocycles. The van der Waals surface area contributed by atoms with Gasteiger partial charge in [-0.15, -0.1) is 0 Å². The normalized spacial score (nSPS) is 16.5. The number of carbonyl (C=O) groups excluding carboxylic acids is 1. The lowest BCUT2D eigenvalue weighted by atomic mass is 10.2. The standard InChI is InChI=1S/C24H28N2O4S2/c1-2-18-12-13-21-22(16-18)31-24(25-21)26(17-19-8-6-14-30-19)23(27)11-7-15-32(28,29)20-9-4-3-5-10-20/h3-5,9-10,12-13,16,19H,2,6-8,11,14-15,17H2,1H3. The van der Waals surface area contributed by atoms with Crippen molar-refractivity contribution >= 4 is 42.4 Å². The van der Waals surface area contributed by atoms with Crippen molar-refractivity contribution in [2.45, 2.75) is 50.0 Å². The second-order valence-electron chi connectivity index (χ2n) is 8.03. The minimum Gasteiger partial charge on any atom is -0.376 e. The number of carbonyl (C=O) groups is 1. The van der Waals surface area contributed by atoms with Crippen molar-refractivity contribution < 1.29 is 17.9 Å². The van der Waals surface area contributed by atoms with Crippen LogP contribution in [-0.2, 0) is 25.8 Å². The molecule has 1 aromatic heterocycles. The smallest absolute Gasteiger partial charge is 0.228 e. The van der Waals surface area contributed by atoms with E-state index in [9.17, 15) is 13.2 Å². The number of sulfone groups is 1. The second-order valence-corrected chi connectivity index (χ2v) is 11.1. The number of rotatable bonds is 9. The number of benzene rings is 2. The molecule has 4 rings (SSSR count). The fourth-order valence-corrected chi connectivity index (χ4v) is 6.25. The van der Waals surface area contributed by atoms with Gasteiger partial charge in [-0.05, 0) is 55.5 Å². The average molecular weight is 473 g/mol. The molecule has 0 spiro atoms. The minimum atomic E-state index is -3.41. The maximum atomic E-state index is 13.2. The van der Waals surface area contributed by atoms with Gasteiger partial charge in [0.15, 0.2) is 15.0 Å². The van der Waals surface area contributed by atoms with Crippen molar-refractivity contribution in [3.63, 3.8) is 0 Å². The molecule has 2 aromatic carbocycles. The summed E-state index contributed by atoms with van der Waals surface area (Å²) in [4.78, 5) is 19.9. The first-order valence-electron chi connectivity index (χ1n) is 11.1. The fraction of sp³-hybridized carbons (Fsp3) is 0.417. The molecule has 170 valence electrons. The lowest BCUT2D eigenvalue weighted by molar-refractivity contribution is -0.119. The Labute approximate surface area is 193 Å². The summed E-state index contributed by atoms with van der Waals surface area (Å²) >= 11 is 1.50. The summed E-state index contributed by atoms with van der Waals surface area (Å²) in [6.45, 7) is 3.27. The van der Waals surface area contributed by atoms with Crippen molar-refractivity contribution in [3.05, 3.63) is 54.1 Å². The molecule has 0 aliphatic carbocycles. The van der Waals surface area contributed by atoms with Gasteiger partial charge in [0.1, 0.15) is 0 Å². The monoisotopic (exact) mass is 472 g/mol. The SMILES string of the molecule is CCc1ccc2nc(N(CC3CCCO3)C(=O)CCCS(=O)(=O)c3ccccc3)sc2c1. The maximum Gasteiger partial charge on any atom is 0.228 e. The summed E-state index contributed by atoms with van der Waals surface area (Å²) < 4.78 is 31.9. The number of hydrogen-bond acceptors (Lipinski definition) is 6. The number of thiazole rings is 1. The summed E-state index contributed by atoms with van der Waals surface area (Å²) in [6.07, 6.45) is 3.25. The number of nitrogens with zero attached hydrogens (tertiary/aromatic N) is 2. The molecule has 1 atom stereocenters. The lowest BCUT2D eigenvalue weighted by Crippen LogP contribution is -2.37.